The van der Waals surface area contributed by atoms with Crippen LogP contribution in [0.4, 0.5) is 11.4 Å². The van der Waals surface area contributed by atoms with Gasteiger partial charge in [-0.25, -0.2) is 0 Å². The van der Waals surface area contributed by atoms with Crippen LogP contribution in [-0.2, 0) is 6.54 Å². The maximum absolute atomic E-state index is 12.4. The Bertz CT molecular complexity index is 1110. The first kappa shape index (κ1) is 16.8. The largest absolute Gasteiger partial charge is 0.397 e. The lowest BCUT2D eigenvalue weighted by Gasteiger charge is -2.08. The predicted molar refractivity (Wildman–Crippen MR) is 109 cm³/mol. The van der Waals surface area contributed by atoms with Crippen LogP contribution >= 0.6 is 0 Å². The van der Waals surface area contributed by atoms with Gasteiger partial charge in [0.05, 0.1) is 23.4 Å². The lowest BCUT2D eigenvalue weighted by molar-refractivity contribution is 0.102. The summed E-state index contributed by atoms with van der Waals surface area (Å²) in [6.07, 6.45) is 2.04. The Morgan fingerprint density at radius 2 is 1.85 bits per heavy atom. The van der Waals surface area contributed by atoms with Gasteiger partial charge in [-0.1, -0.05) is 36.4 Å². The molecule has 3 aromatic carbocycles. The van der Waals surface area contributed by atoms with E-state index in [-0.39, 0.29) is 5.91 Å². The van der Waals surface area contributed by atoms with Crippen LogP contribution in [0.2, 0.25) is 0 Å². The normalized spacial score (nSPS) is 10.9. The van der Waals surface area contributed by atoms with E-state index in [1.165, 1.54) is 5.56 Å². The predicted octanol–water partition coefficient (Wildman–Crippen LogP) is 4.23. The molecule has 0 unspecified atom stereocenters. The fraction of sp³-hybridized carbons (Fsp3) is 0.0909. The number of rotatable bonds is 4. The van der Waals surface area contributed by atoms with Gasteiger partial charge in [-0.05, 0) is 48.4 Å². The number of aryl methyl sites for hydroxylation is 1. The third-order valence-electron chi connectivity index (χ3n) is 4.48. The van der Waals surface area contributed by atoms with Gasteiger partial charge >= 0.3 is 0 Å². The van der Waals surface area contributed by atoms with E-state index >= 15 is 0 Å². The van der Waals surface area contributed by atoms with Crippen molar-refractivity contribution in [1.29, 1.82) is 0 Å². The summed E-state index contributed by atoms with van der Waals surface area (Å²) in [6.45, 7) is 2.71. The first-order valence-corrected chi connectivity index (χ1v) is 8.77. The van der Waals surface area contributed by atoms with Crippen molar-refractivity contribution >= 4 is 28.2 Å². The molecule has 0 aliphatic heterocycles. The number of amides is 1. The van der Waals surface area contributed by atoms with E-state index in [1.54, 1.807) is 12.1 Å². The quantitative estimate of drug-likeness (QED) is 0.538. The summed E-state index contributed by atoms with van der Waals surface area (Å²) in [7, 11) is 0. The SMILES string of the molecule is Cc1ccc2cn(Cc3ccc(C(=O)Nc4ccccc4N)cc3)nc2c1. The summed E-state index contributed by atoms with van der Waals surface area (Å²) in [5.41, 5.74) is 10.9. The van der Waals surface area contributed by atoms with Crippen LogP contribution < -0.4 is 11.1 Å². The van der Waals surface area contributed by atoms with Crippen LogP contribution in [0.1, 0.15) is 21.5 Å². The highest BCUT2D eigenvalue weighted by molar-refractivity contribution is 6.05. The van der Waals surface area contributed by atoms with E-state index in [0.717, 1.165) is 16.5 Å². The second-order valence-electron chi connectivity index (χ2n) is 6.63. The third-order valence-corrected chi connectivity index (χ3v) is 4.48. The third kappa shape index (κ3) is 3.67. The van der Waals surface area contributed by atoms with Gasteiger partial charge in [0.1, 0.15) is 0 Å². The summed E-state index contributed by atoms with van der Waals surface area (Å²) in [6, 6.07) is 21.0. The summed E-state index contributed by atoms with van der Waals surface area (Å²) >= 11 is 0. The number of fused-ring (bicyclic) bond motifs is 1. The molecule has 1 amide bonds. The number of hydrogen-bond acceptors (Lipinski definition) is 3. The van der Waals surface area contributed by atoms with Crippen molar-refractivity contribution < 1.29 is 4.79 Å². The number of nitrogens with two attached hydrogens (primary N) is 1. The standard InChI is InChI=1S/C22H20N4O/c1-15-6-9-18-14-26(25-21(18)12-15)13-16-7-10-17(11-8-16)22(27)24-20-5-3-2-4-19(20)23/h2-12,14H,13,23H2,1H3,(H,24,27). The number of nitrogens with zero attached hydrogens (tertiary/aromatic N) is 2. The number of hydrogen-bond donors (Lipinski definition) is 2. The Morgan fingerprint density at radius 3 is 2.63 bits per heavy atom. The van der Waals surface area contributed by atoms with Gasteiger partial charge in [0, 0.05) is 17.1 Å². The average molecular weight is 356 g/mol. The van der Waals surface area contributed by atoms with E-state index in [1.807, 2.05) is 47.3 Å². The van der Waals surface area contributed by atoms with Gasteiger partial charge < -0.3 is 11.1 Å². The molecule has 1 heterocycles. The Kier molecular flexibility index (Phi) is 4.34. The zero-order valence-corrected chi connectivity index (χ0v) is 15.0. The van der Waals surface area contributed by atoms with Crippen molar-refractivity contribution in [3.05, 3.63) is 89.6 Å². The number of para-hydroxylation sites is 2. The van der Waals surface area contributed by atoms with Gasteiger partial charge in [0.2, 0.25) is 0 Å². The molecule has 5 heteroatoms. The Morgan fingerprint density at radius 1 is 1.07 bits per heavy atom. The molecule has 27 heavy (non-hydrogen) atoms. The minimum Gasteiger partial charge on any atom is -0.397 e. The van der Waals surface area contributed by atoms with Crippen molar-refractivity contribution in [1.82, 2.24) is 9.78 Å². The second kappa shape index (κ2) is 6.96. The Labute approximate surface area is 157 Å². The average Bonchev–Trinajstić information content (AvgIpc) is 3.05. The second-order valence-corrected chi connectivity index (χ2v) is 6.63. The van der Waals surface area contributed by atoms with E-state index in [2.05, 4.69) is 35.5 Å². The van der Waals surface area contributed by atoms with Crippen molar-refractivity contribution in [2.75, 3.05) is 11.1 Å². The van der Waals surface area contributed by atoms with E-state index in [0.29, 0.717) is 23.5 Å². The number of aromatic nitrogens is 2. The number of carbonyl (C=O) groups excluding carboxylic acids is 1. The molecule has 4 aromatic rings. The lowest BCUT2D eigenvalue weighted by Crippen LogP contribution is -2.13. The molecule has 5 nitrogen and oxygen atoms in total. The minimum atomic E-state index is -0.181. The molecule has 3 N–H and O–H groups in total. The van der Waals surface area contributed by atoms with Crippen LogP contribution in [-0.4, -0.2) is 15.7 Å². The maximum atomic E-state index is 12.4. The highest BCUT2D eigenvalue weighted by atomic mass is 16.1. The molecule has 134 valence electrons. The summed E-state index contributed by atoms with van der Waals surface area (Å²) < 4.78 is 1.92. The summed E-state index contributed by atoms with van der Waals surface area (Å²) in [5.74, 6) is -0.181. The van der Waals surface area contributed by atoms with Crippen LogP contribution in [0.25, 0.3) is 10.9 Å². The lowest BCUT2D eigenvalue weighted by atomic mass is 10.1. The minimum absolute atomic E-state index is 0.181. The first-order valence-electron chi connectivity index (χ1n) is 8.77. The number of anilines is 2. The molecule has 0 aliphatic rings. The van der Waals surface area contributed by atoms with Crippen molar-refractivity contribution in [2.24, 2.45) is 0 Å². The van der Waals surface area contributed by atoms with Crippen molar-refractivity contribution in [2.45, 2.75) is 13.5 Å². The molecule has 0 saturated carbocycles. The van der Waals surface area contributed by atoms with Crippen LogP contribution in [0, 0.1) is 6.92 Å². The summed E-state index contributed by atoms with van der Waals surface area (Å²) in [4.78, 5) is 12.4. The number of nitrogens with one attached hydrogen (secondary N) is 1. The molecule has 0 spiro atoms. The molecular weight excluding hydrogens is 336 g/mol. The summed E-state index contributed by atoms with van der Waals surface area (Å²) in [5, 5.41) is 8.57. The van der Waals surface area contributed by atoms with Crippen LogP contribution in [0.3, 0.4) is 0 Å². The fourth-order valence-corrected chi connectivity index (χ4v) is 3.01. The van der Waals surface area contributed by atoms with Gasteiger partial charge in [0.25, 0.3) is 5.91 Å². The zero-order chi connectivity index (χ0) is 18.8. The maximum Gasteiger partial charge on any atom is 0.255 e. The van der Waals surface area contributed by atoms with Crippen LogP contribution in [0.15, 0.2) is 72.9 Å². The molecule has 0 atom stereocenters. The number of nitrogen functional groups attached to an aromatic ring is 1. The molecule has 0 fully saturated rings. The van der Waals surface area contributed by atoms with Gasteiger partial charge in [-0.15, -0.1) is 0 Å². The van der Waals surface area contributed by atoms with Gasteiger partial charge in [0.15, 0.2) is 0 Å². The Balaban J connectivity index is 1.48. The van der Waals surface area contributed by atoms with Gasteiger partial charge in [-0.2, -0.15) is 5.10 Å². The van der Waals surface area contributed by atoms with E-state index in [4.69, 9.17) is 5.73 Å². The number of benzene rings is 3. The monoisotopic (exact) mass is 356 g/mol. The fourth-order valence-electron chi connectivity index (χ4n) is 3.01. The molecule has 0 saturated heterocycles. The highest BCUT2D eigenvalue weighted by Gasteiger charge is 2.08. The molecule has 0 radical (unpaired) electrons. The zero-order valence-electron chi connectivity index (χ0n) is 15.0. The molecule has 1 aromatic heterocycles. The first-order chi connectivity index (χ1) is 13.1. The number of carbonyl (C=O) groups is 1. The van der Waals surface area contributed by atoms with Crippen molar-refractivity contribution in [3.63, 3.8) is 0 Å². The van der Waals surface area contributed by atoms with E-state index < -0.39 is 0 Å². The topological polar surface area (TPSA) is 72.9 Å². The van der Waals surface area contributed by atoms with Gasteiger partial charge in [-0.3, -0.25) is 9.48 Å². The molecular formula is C22H20N4O. The van der Waals surface area contributed by atoms with Crippen molar-refractivity contribution in [3.8, 4) is 0 Å². The smallest absolute Gasteiger partial charge is 0.255 e. The molecule has 0 bridgehead atoms. The van der Waals surface area contributed by atoms with Crippen LogP contribution in [0.5, 0.6) is 0 Å². The van der Waals surface area contributed by atoms with E-state index in [9.17, 15) is 4.79 Å². The molecule has 4 rings (SSSR count). The Hall–Kier alpha value is -3.60. The highest BCUT2D eigenvalue weighted by Crippen LogP contribution is 2.18. The molecule has 0 aliphatic carbocycles.